The fraction of sp³-hybridized carbons (Fsp3) is 0.182. The van der Waals surface area contributed by atoms with Gasteiger partial charge in [-0.2, -0.15) is 5.17 Å². The fourth-order valence-electron chi connectivity index (χ4n) is 4.77. The van der Waals surface area contributed by atoms with E-state index in [4.69, 9.17) is 16.3 Å². The minimum Gasteiger partial charge on any atom is -0.397 e. The van der Waals surface area contributed by atoms with Crippen molar-refractivity contribution in [3.05, 3.63) is 135 Å². The van der Waals surface area contributed by atoms with Gasteiger partial charge in [0.2, 0.25) is 0 Å². The summed E-state index contributed by atoms with van der Waals surface area (Å²) in [6.45, 7) is 1.95. The van der Waals surface area contributed by atoms with Crippen molar-refractivity contribution >= 4 is 23.1 Å². The maximum absolute atomic E-state index is 14.9. The van der Waals surface area contributed by atoms with Gasteiger partial charge in [-0.25, -0.2) is 24.6 Å². The van der Waals surface area contributed by atoms with E-state index in [-0.39, 0.29) is 36.4 Å². The third-order valence-electron chi connectivity index (χ3n) is 7.05. The molecule has 0 aliphatic heterocycles. The molecule has 0 bridgehead atoms. The Bertz CT molecular complexity index is 1840. The maximum Gasteiger partial charge on any atom is 0.286 e. The number of aromatic nitrogens is 3. The van der Waals surface area contributed by atoms with Crippen LogP contribution in [0.1, 0.15) is 34.9 Å². The molecule has 0 radical (unpaired) electrons. The molecule has 232 valence electrons. The normalized spacial score (nSPS) is 11.8. The average Bonchev–Trinajstić information content (AvgIpc) is 3.02. The van der Waals surface area contributed by atoms with Crippen LogP contribution in [0.15, 0.2) is 101 Å². The van der Waals surface area contributed by atoms with Crippen LogP contribution in [0, 0.1) is 18.6 Å². The predicted molar refractivity (Wildman–Crippen MR) is 171 cm³/mol. The van der Waals surface area contributed by atoms with Crippen LogP contribution in [-0.4, -0.2) is 25.5 Å². The number of benzene rings is 3. The lowest BCUT2D eigenvalue weighted by Crippen LogP contribution is -2.27. The Hall–Kier alpha value is -4.62. The van der Waals surface area contributed by atoms with Crippen molar-refractivity contribution in [2.45, 2.75) is 37.8 Å². The third-order valence-corrected chi connectivity index (χ3v) is 7.93. The summed E-state index contributed by atoms with van der Waals surface area (Å²) >= 11 is 1.42. The molecule has 12 heteroatoms. The van der Waals surface area contributed by atoms with Gasteiger partial charge in [0.15, 0.2) is 11.0 Å². The Kier molecular flexibility index (Phi) is 10.2. The van der Waals surface area contributed by atoms with E-state index in [0.29, 0.717) is 50.6 Å². The first-order valence-corrected chi connectivity index (χ1v) is 15.1. The second kappa shape index (κ2) is 14.4. The molecule has 2 heterocycles. The van der Waals surface area contributed by atoms with E-state index in [1.807, 2.05) is 37.3 Å². The number of anilines is 2. The fourth-order valence-corrected chi connectivity index (χ4v) is 5.66. The third kappa shape index (κ3) is 8.11. The lowest BCUT2D eigenvalue weighted by molar-refractivity contribution is 0.0364. The molecule has 2 aromatic heterocycles. The zero-order valence-electron chi connectivity index (χ0n) is 24.4. The van der Waals surface area contributed by atoms with Crippen LogP contribution in [0.3, 0.4) is 0 Å². The molecular formula is C33H32F2N6O3S. The number of thioether (sulfide) groups is 1. The standard InChI is InChI=1S/C33H32F2N6O3S/c1-21-15-29(25-17-27(35)32(42)40(19-25)18-22-11-12-28(36)30(16-22)41(37)43)39-33(38-21)45-14-13-31(23-7-3-2-4-8-23)44-20-24-9-5-6-10-26(24)34/h2-12,15-17,19,31,43H,13-14,18,20,36-37H2,1H3. The summed E-state index contributed by atoms with van der Waals surface area (Å²) in [5.41, 5.74) is 8.98. The number of aryl methyl sites for hydroxylation is 1. The summed E-state index contributed by atoms with van der Waals surface area (Å²) in [5.74, 6) is 4.77. The Morgan fingerprint density at radius 3 is 2.51 bits per heavy atom. The lowest BCUT2D eigenvalue weighted by Gasteiger charge is -2.18. The van der Waals surface area contributed by atoms with Gasteiger partial charge in [-0.05, 0) is 54.8 Å². The van der Waals surface area contributed by atoms with E-state index in [1.165, 1.54) is 40.7 Å². The van der Waals surface area contributed by atoms with Gasteiger partial charge >= 0.3 is 0 Å². The molecule has 1 unspecified atom stereocenters. The molecular weight excluding hydrogens is 598 g/mol. The second-order valence-corrected chi connectivity index (χ2v) is 11.4. The maximum atomic E-state index is 14.9. The van der Waals surface area contributed by atoms with Gasteiger partial charge in [-0.15, -0.1) is 0 Å². The van der Waals surface area contributed by atoms with Crippen LogP contribution in [-0.2, 0) is 17.9 Å². The number of halogens is 2. The average molecular weight is 631 g/mol. The molecule has 5 rings (SSSR count). The predicted octanol–water partition coefficient (Wildman–Crippen LogP) is 6.03. The number of pyridine rings is 1. The molecule has 5 aromatic rings. The van der Waals surface area contributed by atoms with Crippen molar-refractivity contribution in [1.29, 1.82) is 0 Å². The summed E-state index contributed by atoms with van der Waals surface area (Å²) in [5, 5.41) is 10.5. The highest BCUT2D eigenvalue weighted by Crippen LogP contribution is 2.28. The SMILES string of the molecule is Cc1cc(-c2cc(F)c(=O)n(Cc3ccc(N)c(N(N)O)c3)c2)nc(SCCC(OCc2ccccc2F)c2ccccc2)n1. The first-order valence-electron chi connectivity index (χ1n) is 14.1. The lowest BCUT2D eigenvalue weighted by atomic mass is 10.1. The molecule has 0 amide bonds. The van der Waals surface area contributed by atoms with Crippen LogP contribution in [0.5, 0.6) is 0 Å². The van der Waals surface area contributed by atoms with E-state index >= 15 is 0 Å². The van der Waals surface area contributed by atoms with E-state index in [2.05, 4.69) is 9.97 Å². The first kappa shape index (κ1) is 31.8. The van der Waals surface area contributed by atoms with Crippen molar-refractivity contribution < 1.29 is 18.7 Å². The van der Waals surface area contributed by atoms with Gasteiger partial charge in [0.25, 0.3) is 5.56 Å². The molecule has 0 saturated heterocycles. The van der Waals surface area contributed by atoms with Gasteiger partial charge in [0.05, 0.1) is 30.6 Å². The van der Waals surface area contributed by atoms with Crippen molar-refractivity contribution in [3.8, 4) is 11.3 Å². The Morgan fingerprint density at radius 2 is 1.76 bits per heavy atom. The van der Waals surface area contributed by atoms with Gasteiger partial charge < -0.3 is 15.0 Å². The topological polar surface area (TPSA) is 133 Å². The summed E-state index contributed by atoms with van der Waals surface area (Å²) in [6, 6.07) is 23.9. The monoisotopic (exact) mass is 630 g/mol. The molecule has 0 saturated carbocycles. The zero-order valence-corrected chi connectivity index (χ0v) is 25.3. The van der Waals surface area contributed by atoms with E-state index in [9.17, 15) is 18.8 Å². The largest absolute Gasteiger partial charge is 0.397 e. The molecule has 0 aliphatic rings. The van der Waals surface area contributed by atoms with Crippen LogP contribution >= 0.6 is 11.8 Å². The molecule has 9 nitrogen and oxygen atoms in total. The number of nitrogens with zero attached hydrogens (tertiary/aromatic N) is 4. The number of rotatable bonds is 12. The van der Waals surface area contributed by atoms with Crippen molar-refractivity contribution in [2.75, 3.05) is 16.7 Å². The van der Waals surface area contributed by atoms with Gasteiger partial charge in [0.1, 0.15) is 11.5 Å². The summed E-state index contributed by atoms with van der Waals surface area (Å²) in [4.78, 5) is 21.9. The highest BCUT2D eigenvalue weighted by Gasteiger charge is 2.16. The number of ether oxygens (including phenoxy) is 1. The van der Waals surface area contributed by atoms with Crippen molar-refractivity contribution in [3.63, 3.8) is 0 Å². The summed E-state index contributed by atoms with van der Waals surface area (Å²) in [6.07, 6.45) is 1.84. The Labute approximate surface area is 263 Å². The molecule has 3 aromatic carbocycles. The minimum absolute atomic E-state index is 0.00411. The molecule has 0 spiro atoms. The Balaban J connectivity index is 1.33. The number of nitrogens with two attached hydrogens (primary N) is 2. The van der Waals surface area contributed by atoms with E-state index < -0.39 is 11.4 Å². The number of nitrogen functional groups attached to an aromatic ring is 1. The smallest absolute Gasteiger partial charge is 0.286 e. The van der Waals surface area contributed by atoms with Crippen LogP contribution in [0.4, 0.5) is 20.2 Å². The van der Waals surface area contributed by atoms with Crippen LogP contribution < -0.4 is 22.3 Å². The second-order valence-electron chi connectivity index (χ2n) is 10.4. The molecule has 1 atom stereocenters. The number of hydrazine groups is 1. The summed E-state index contributed by atoms with van der Waals surface area (Å²) < 4.78 is 36.5. The molecule has 0 fully saturated rings. The van der Waals surface area contributed by atoms with Gasteiger partial charge in [0, 0.05) is 28.8 Å². The van der Waals surface area contributed by atoms with E-state index in [0.717, 1.165) is 11.6 Å². The van der Waals surface area contributed by atoms with Crippen LogP contribution in [0.2, 0.25) is 0 Å². The highest BCUT2D eigenvalue weighted by atomic mass is 32.2. The Morgan fingerprint density at radius 1 is 1.00 bits per heavy atom. The van der Waals surface area contributed by atoms with Crippen molar-refractivity contribution in [2.24, 2.45) is 5.84 Å². The van der Waals surface area contributed by atoms with Gasteiger partial charge in [-0.1, -0.05) is 66.4 Å². The highest BCUT2D eigenvalue weighted by molar-refractivity contribution is 7.99. The summed E-state index contributed by atoms with van der Waals surface area (Å²) in [7, 11) is 0. The zero-order chi connectivity index (χ0) is 31.9. The molecule has 5 N–H and O–H groups in total. The van der Waals surface area contributed by atoms with E-state index in [1.54, 1.807) is 30.3 Å². The quantitative estimate of drug-likeness (QED) is 0.0497. The van der Waals surface area contributed by atoms with Crippen molar-refractivity contribution in [1.82, 2.24) is 14.5 Å². The first-order chi connectivity index (χ1) is 21.7. The van der Waals surface area contributed by atoms with Crippen LogP contribution in [0.25, 0.3) is 11.3 Å². The minimum atomic E-state index is -0.936. The number of hydrogen-bond donors (Lipinski definition) is 3. The molecule has 45 heavy (non-hydrogen) atoms. The molecule has 0 aliphatic carbocycles. The number of hydrogen-bond acceptors (Lipinski definition) is 9. The van der Waals surface area contributed by atoms with Gasteiger partial charge in [-0.3, -0.25) is 10.0 Å².